The van der Waals surface area contributed by atoms with Crippen LogP contribution in [0.5, 0.6) is 0 Å². The summed E-state index contributed by atoms with van der Waals surface area (Å²) in [7, 11) is 0. The number of aliphatic carboxylic acids is 1. The highest BCUT2D eigenvalue weighted by Crippen LogP contribution is 2.09. The van der Waals surface area contributed by atoms with Crippen molar-refractivity contribution in [3.8, 4) is 0 Å². The zero-order valence-corrected chi connectivity index (χ0v) is 12.9. The average Bonchev–Trinajstić information content (AvgIpc) is 2.54. The van der Waals surface area contributed by atoms with Crippen LogP contribution in [0.1, 0.15) is 30.8 Å². The van der Waals surface area contributed by atoms with E-state index in [1.807, 2.05) is 20.8 Å². The van der Waals surface area contributed by atoms with E-state index in [9.17, 15) is 14.4 Å². The van der Waals surface area contributed by atoms with Crippen molar-refractivity contribution in [3.63, 3.8) is 0 Å². The Balaban J connectivity index is 2.76. The van der Waals surface area contributed by atoms with Crippen molar-refractivity contribution >= 4 is 23.2 Å². The first kappa shape index (κ1) is 16.4. The lowest BCUT2D eigenvalue weighted by atomic mass is 10.0. The van der Waals surface area contributed by atoms with Crippen molar-refractivity contribution in [2.45, 2.75) is 46.7 Å². The summed E-state index contributed by atoms with van der Waals surface area (Å²) in [5.74, 6) is -1.36. The van der Waals surface area contributed by atoms with E-state index in [-0.39, 0.29) is 17.3 Å². The van der Waals surface area contributed by atoms with Gasteiger partial charge in [-0.25, -0.2) is 4.79 Å². The van der Waals surface area contributed by atoms with Crippen LogP contribution >= 0.6 is 11.3 Å². The van der Waals surface area contributed by atoms with E-state index in [1.165, 1.54) is 4.57 Å². The molecule has 0 saturated carbocycles. The zero-order valence-electron chi connectivity index (χ0n) is 12.1. The second-order valence-corrected chi connectivity index (χ2v) is 6.35. The lowest BCUT2D eigenvalue weighted by Crippen LogP contribution is -2.43. The van der Waals surface area contributed by atoms with Gasteiger partial charge in [-0.05, 0) is 26.2 Å². The number of amides is 1. The predicted octanol–water partition coefficient (Wildman–Crippen LogP) is 1.14. The standard InChI is InChI=1S/C13H20N2O4S/c1-7(2)5-10(12(17)18)14-11(16)6-15-8(3)9(4)20-13(15)19/h7,10H,5-6H2,1-4H3,(H,14,16)(H,17,18). The van der Waals surface area contributed by atoms with Crippen molar-refractivity contribution in [2.24, 2.45) is 5.92 Å². The molecule has 1 amide bonds. The van der Waals surface area contributed by atoms with E-state index in [1.54, 1.807) is 6.92 Å². The second kappa shape index (κ2) is 6.69. The van der Waals surface area contributed by atoms with E-state index < -0.39 is 17.9 Å². The molecule has 1 atom stereocenters. The van der Waals surface area contributed by atoms with Gasteiger partial charge < -0.3 is 10.4 Å². The van der Waals surface area contributed by atoms with Gasteiger partial charge in [0.15, 0.2) is 0 Å². The van der Waals surface area contributed by atoms with Crippen molar-refractivity contribution in [1.29, 1.82) is 0 Å². The molecule has 0 spiro atoms. The molecule has 0 aliphatic rings. The Labute approximate surface area is 121 Å². The molecule has 20 heavy (non-hydrogen) atoms. The summed E-state index contributed by atoms with van der Waals surface area (Å²) < 4.78 is 1.36. The zero-order chi connectivity index (χ0) is 15.4. The number of carboxylic acid groups (broad SMARTS) is 1. The van der Waals surface area contributed by atoms with Crippen molar-refractivity contribution < 1.29 is 14.7 Å². The fourth-order valence-corrected chi connectivity index (χ4v) is 2.68. The molecule has 112 valence electrons. The first-order chi connectivity index (χ1) is 9.22. The lowest BCUT2D eigenvalue weighted by Gasteiger charge is -2.16. The van der Waals surface area contributed by atoms with Gasteiger partial charge in [-0.1, -0.05) is 25.2 Å². The molecule has 1 aromatic heterocycles. The summed E-state index contributed by atoms with van der Waals surface area (Å²) in [5.41, 5.74) is 0.742. The number of carbonyl (C=O) groups excluding carboxylic acids is 1. The van der Waals surface area contributed by atoms with E-state index in [0.29, 0.717) is 6.42 Å². The predicted molar refractivity (Wildman–Crippen MR) is 77.1 cm³/mol. The lowest BCUT2D eigenvalue weighted by molar-refractivity contribution is -0.142. The first-order valence-electron chi connectivity index (χ1n) is 6.41. The molecule has 0 aliphatic heterocycles. The fraction of sp³-hybridized carbons (Fsp3) is 0.615. The van der Waals surface area contributed by atoms with Crippen LogP contribution in [0.25, 0.3) is 0 Å². The summed E-state index contributed by atoms with van der Waals surface area (Å²) in [6.45, 7) is 7.22. The van der Waals surface area contributed by atoms with Crippen LogP contribution in [0.2, 0.25) is 0 Å². The van der Waals surface area contributed by atoms with Gasteiger partial charge in [-0.2, -0.15) is 0 Å². The molecule has 0 bridgehead atoms. The van der Waals surface area contributed by atoms with Gasteiger partial charge >= 0.3 is 10.8 Å². The molecular formula is C13H20N2O4S. The Hall–Kier alpha value is -1.63. The van der Waals surface area contributed by atoms with Crippen LogP contribution in [0.3, 0.4) is 0 Å². The Kier molecular flexibility index (Phi) is 5.50. The summed E-state index contributed by atoms with van der Waals surface area (Å²) >= 11 is 1.08. The summed E-state index contributed by atoms with van der Waals surface area (Å²) in [4.78, 5) is 35.3. The maximum atomic E-state index is 11.9. The van der Waals surface area contributed by atoms with Gasteiger partial charge in [-0.3, -0.25) is 14.2 Å². The molecule has 0 fully saturated rings. The Bertz CT molecular complexity index is 559. The van der Waals surface area contributed by atoms with E-state index in [4.69, 9.17) is 5.11 Å². The number of nitrogens with one attached hydrogen (secondary N) is 1. The Morgan fingerprint density at radius 3 is 2.35 bits per heavy atom. The SMILES string of the molecule is Cc1sc(=O)n(CC(=O)NC(CC(C)C)C(=O)O)c1C. The molecule has 0 aliphatic carbocycles. The number of thiazole rings is 1. The van der Waals surface area contributed by atoms with Gasteiger partial charge in [0.2, 0.25) is 5.91 Å². The Morgan fingerprint density at radius 1 is 1.35 bits per heavy atom. The molecule has 1 heterocycles. The minimum absolute atomic E-state index is 0.142. The van der Waals surface area contributed by atoms with Gasteiger partial charge in [-0.15, -0.1) is 0 Å². The first-order valence-corrected chi connectivity index (χ1v) is 7.23. The van der Waals surface area contributed by atoms with Gasteiger partial charge in [0.05, 0.1) is 0 Å². The molecule has 0 saturated heterocycles. The second-order valence-electron chi connectivity index (χ2n) is 5.18. The third-order valence-corrected chi connectivity index (χ3v) is 4.01. The topological polar surface area (TPSA) is 88.4 Å². The van der Waals surface area contributed by atoms with Crippen molar-refractivity contribution in [1.82, 2.24) is 9.88 Å². The summed E-state index contributed by atoms with van der Waals surface area (Å²) in [5, 5.41) is 11.5. The van der Waals surface area contributed by atoms with Gasteiger partial charge in [0.25, 0.3) is 0 Å². The number of hydrogen-bond donors (Lipinski definition) is 2. The number of carboxylic acids is 1. The number of nitrogens with zero attached hydrogens (tertiary/aromatic N) is 1. The molecule has 1 unspecified atom stereocenters. The highest BCUT2D eigenvalue weighted by Gasteiger charge is 2.22. The summed E-state index contributed by atoms with van der Waals surface area (Å²) in [6.07, 6.45) is 0.359. The highest BCUT2D eigenvalue weighted by molar-refractivity contribution is 7.09. The van der Waals surface area contributed by atoms with Crippen molar-refractivity contribution in [3.05, 3.63) is 20.2 Å². The third kappa shape index (κ3) is 4.19. The number of aromatic nitrogens is 1. The molecule has 1 aromatic rings. The molecule has 0 radical (unpaired) electrons. The number of carbonyl (C=O) groups is 2. The van der Waals surface area contributed by atoms with Crippen molar-refractivity contribution in [2.75, 3.05) is 0 Å². The number of hydrogen-bond acceptors (Lipinski definition) is 4. The average molecular weight is 300 g/mol. The molecule has 1 rings (SSSR count). The smallest absolute Gasteiger partial charge is 0.326 e. The molecular weight excluding hydrogens is 280 g/mol. The maximum Gasteiger partial charge on any atom is 0.326 e. The van der Waals surface area contributed by atoms with E-state index >= 15 is 0 Å². The minimum Gasteiger partial charge on any atom is -0.480 e. The third-order valence-electron chi connectivity index (χ3n) is 3.02. The molecule has 0 aromatic carbocycles. The van der Waals surface area contributed by atoms with Gasteiger partial charge in [0, 0.05) is 10.6 Å². The number of aryl methyl sites for hydroxylation is 1. The molecule has 7 heteroatoms. The fourth-order valence-electron chi connectivity index (χ4n) is 1.85. The van der Waals surface area contributed by atoms with Crippen LogP contribution < -0.4 is 10.2 Å². The van der Waals surface area contributed by atoms with Crippen LogP contribution in [0.15, 0.2) is 4.79 Å². The van der Waals surface area contributed by atoms with Crippen LogP contribution in [-0.2, 0) is 16.1 Å². The molecule has 2 N–H and O–H groups in total. The quantitative estimate of drug-likeness (QED) is 0.824. The number of rotatable bonds is 6. The van der Waals surface area contributed by atoms with E-state index in [2.05, 4.69) is 5.32 Å². The Morgan fingerprint density at radius 2 is 1.95 bits per heavy atom. The summed E-state index contributed by atoms with van der Waals surface area (Å²) in [6, 6.07) is -0.918. The van der Waals surface area contributed by atoms with Crippen LogP contribution in [0, 0.1) is 19.8 Å². The normalized spacial score (nSPS) is 12.4. The largest absolute Gasteiger partial charge is 0.480 e. The van der Waals surface area contributed by atoms with Gasteiger partial charge in [0.1, 0.15) is 12.6 Å². The maximum absolute atomic E-state index is 11.9. The highest BCUT2D eigenvalue weighted by atomic mass is 32.1. The monoisotopic (exact) mass is 300 g/mol. The molecule has 6 nitrogen and oxygen atoms in total. The minimum atomic E-state index is -1.06. The van der Waals surface area contributed by atoms with Crippen LogP contribution in [-0.4, -0.2) is 27.6 Å². The van der Waals surface area contributed by atoms with Crippen LogP contribution in [0.4, 0.5) is 0 Å². The van der Waals surface area contributed by atoms with E-state index in [0.717, 1.165) is 21.9 Å².